The molecule has 2 aliphatic heterocycles. The molecule has 3 atom stereocenters. The highest BCUT2D eigenvalue weighted by Gasteiger charge is 2.46. The Hall–Kier alpha value is -1.60. The van der Waals surface area contributed by atoms with E-state index in [1.165, 1.54) is 0 Å². The van der Waals surface area contributed by atoms with Crippen LogP contribution in [0.1, 0.15) is 30.7 Å². The van der Waals surface area contributed by atoms with Crippen LogP contribution in [0, 0.1) is 5.92 Å². The van der Waals surface area contributed by atoms with Crippen LogP contribution in [-0.4, -0.2) is 63.1 Å². The van der Waals surface area contributed by atoms with Crippen LogP contribution in [-0.2, 0) is 19.4 Å². The van der Waals surface area contributed by atoms with Crippen LogP contribution in [0.25, 0.3) is 0 Å². The number of methoxy groups -OCH3 is 1. The molecule has 1 aliphatic carbocycles. The lowest BCUT2D eigenvalue weighted by Crippen LogP contribution is -2.53. The Morgan fingerprint density at radius 3 is 2.65 bits per heavy atom. The summed E-state index contributed by atoms with van der Waals surface area (Å²) in [5, 5.41) is 0. The van der Waals surface area contributed by atoms with Crippen LogP contribution in [0.3, 0.4) is 0 Å². The Morgan fingerprint density at radius 1 is 1.27 bits per heavy atom. The van der Waals surface area contributed by atoms with Crippen LogP contribution in [0.15, 0.2) is 24.3 Å². The number of carbonyl (C=O) groups excluding carboxylic acids is 1. The van der Waals surface area contributed by atoms with Crippen molar-refractivity contribution in [3.8, 4) is 5.75 Å². The highest BCUT2D eigenvalue weighted by molar-refractivity contribution is 7.91. The molecule has 0 spiro atoms. The van der Waals surface area contributed by atoms with Crippen molar-refractivity contribution in [2.45, 2.75) is 37.3 Å². The fourth-order valence-corrected chi connectivity index (χ4v) is 6.11. The number of ether oxygens (including phenoxy) is 2. The zero-order valence-corrected chi connectivity index (χ0v) is 15.8. The third-order valence-corrected chi connectivity index (χ3v) is 7.47. The van der Waals surface area contributed by atoms with Crippen molar-refractivity contribution in [2.24, 2.45) is 5.92 Å². The zero-order valence-electron chi connectivity index (χ0n) is 15.0. The Kier molecular flexibility index (Phi) is 4.69. The molecule has 1 aromatic carbocycles. The minimum Gasteiger partial charge on any atom is -0.497 e. The topological polar surface area (TPSA) is 72.9 Å². The smallest absolute Gasteiger partial charge is 0.223 e. The number of fused-ring (bicyclic) bond motifs is 1. The lowest BCUT2D eigenvalue weighted by Gasteiger charge is -2.37. The minimum absolute atomic E-state index is 0.0278. The van der Waals surface area contributed by atoms with Crippen LogP contribution in [0.4, 0.5) is 0 Å². The Balaban J connectivity index is 1.49. The van der Waals surface area contributed by atoms with E-state index in [0.717, 1.165) is 24.2 Å². The SMILES string of the molecule is COc1ccc(C(CC(=O)N2CCOC3CS(=O)(=O)CC32)C2CC2)cc1. The summed E-state index contributed by atoms with van der Waals surface area (Å²) in [5.74, 6) is 1.64. The van der Waals surface area contributed by atoms with E-state index in [4.69, 9.17) is 9.47 Å². The molecular formula is C19H25NO5S. The van der Waals surface area contributed by atoms with Crippen LogP contribution in [0.2, 0.25) is 0 Å². The molecule has 2 saturated heterocycles. The summed E-state index contributed by atoms with van der Waals surface area (Å²) in [5.41, 5.74) is 1.16. The van der Waals surface area contributed by atoms with Gasteiger partial charge >= 0.3 is 0 Å². The maximum atomic E-state index is 13.0. The third kappa shape index (κ3) is 3.60. The van der Waals surface area contributed by atoms with E-state index in [9.17, 15) is 13.2 Å². The number of nitrogens with zero attached hydrogens (tertiary/aromatic N) is 1. The van der Waals surface area contributed by atoms with Crippen LogP contribution >= 0.6 is 0 Å². The molecule has 26 heavy (non-hydrogen) atoms. The number of hydrogen-bond acceptors (Lipinski definition) is 5. The maximum absolute atomic E-state index is 13.0. The van der Waals surface area contributed by atoms with Crippen molar-refractivity contribution in [3.05, 3.63) is 29.8 Å². The molecule has 0 radical (unpaired) electrons. The fourth-order valence-electron chi connectivity index (χ4n) is 4.24. The summed E-state index contributed by atoms with van der Waals surface area (Å²) in [4.78, 5) is 14.8. The van der Waals surface area contributed by atoms with Gasteiger partial charge in [0.15, 0.2) is 9.84 Å². The number of sulfone groups is 1. The van der Waals surface area contributed by atoms with Crippen molar-refractivity contribution >= 4 is 15.7 Å². The van der Waals surface area contributed by atoms with Gasteiger partial charge in [-0.15, -0.1) is 0 Å². The molecule has 142 valence electrons. The number of morpholine rings is 1. The van der Waals surface area contributed by atoms with Crippen molar-refractivity contribution < 1.29 is 22.7 Å². The van der Waals surface area contributed by atoms with E-state index in [1.54, 1.807) is 12.0 Å². The molecule has 1 amide bonds. The average molecular weight is 379 g/mol. The molecule has 3 unspecified atom stereocenters. The van der Waals surface area contributed by atoms with E-state index in [0.29, 0.717) is 25.5 Å². The zero-order chi connectivity index (χ0) is 18.3. The van der Waals surface area contributed by atoms with Gasteiger partial charge in [0.25, 0.3) is 0 Å². The number of hydrogen-bond donors (Lipinski definition) is 0. The highest BCUT2D eigenvalue weighted by Crippen LogP contribution is 2.45. The second-order valence-corrected chi connectivity index (χ2v) is 9.72. The minimum atomic E-state index is -3.12. The molecule has 0 N–H and O–H groups in total. The van der Waals surface area contributed by atoms with Gasteiger partial charge in [-0.3, -0.25) is 4.79 Å². The summed E-state index contributed by atoms with van der Waals surface area (Å²) in [6.45, 7) is 0.897. The van der Waals surface area contributed by atoms with Gasteiger partial charge in [-0.25, -0.2) is 8.42 Å². The Morgan fingerprint density at radius 2 is 2.00 bits per heavy atom. The fraction of sp³-hybridized carbons (Fsp3) is 0.632. The predicted octanol–water partition coefficient (Wildman–Crippen LogP) is 1.60. The van der Waals surface area contributed by atoms with E-state index in [-0.39, 0.29) is 35.5 Å². The summed E-state index contributed by atoms with van der Waals surface area (Å²) >= 11 is 0. The van der Waals surface area contributed by atoms with Gasteiger partial charge in [0, 0.05) is 13.0 Å². The quantitative estimate of drug-likeness (QED) is 0.777. The molecule has 0 bridgehead atoms. The maximum Gasteiger partial charge on any atom is 0.223 e. The molecule has 0 aromatic heterocycles. The first-order valence-corrected chi connectivity index (χ1v) is 11.0. The van der Waals surface area contributed by atoms with E-state index in [2.05, 4.69) is 0 Å². The average Bonchev–Trinajstić information content (AvgIpc) is 3.40. The molecule has 1 aromatic rings. The molecule has 4 rings (SSSR count). The first kappa shape index (κ1) is 17.8. The molecule has 3 aliphatic rings. The van der Waals surface area contributed by atoms with Crippen molar-refractivity contribution in [3.63, 3.8) is 0 Å². The van der Waals surface area contributed by atoms with Crippen molar-refractivity contribution in [1.82, 2.24) is 4.90 Å². The van der Waals surface area contributed by atoms with Gasteiger partial charge in [-0.2, -0.15) is 0 Å². The van der Waals surface area contributed by atoms with Gasteiger partial charge in [-0.05, 0) is 42.4 Å². The predicted molar refractivity (Wildman–Crippen MR) is 97.0 cm³/mol. The molecular weight excluding hydrogens is 354 g/mol. The number of carbonyl (C=O) groups is 1. The van der Waals surface area contributed by atoms with E-state index >= 15 is 0 Å². The second kappa shape index (κ2) is 6.85. The van der Waals surface area contributed by atoms with E-state index in [1.807, 2.05) is 24.3 Å². The summed E-state index contributed by atoms with van der Waals surface area (Å²) in [6, 6.07) is 7.62. The van der Waals surface area contributed by atoms with Crippen molar-refractivity contribution in [1.29, 1.82) is 0 Å². The Bertz CT molecular complexity index is 772. The number of rotatable bonds is 5. The van der Waals surface area contributed by atoms with Gasteiger partial charge in [-0.1, -0.05) is 12.1 Å². The monoisotopic (exact) mass is 379 g/mol. The first-order valence-electron chi connectivity index (χ1n) is 9.22. The number of benzene rings is 1. The van der Waals surface area contributed by atoms with Gasteiger partial charge < -0.3 is 14.4 Å². The molecule has 2 heterocycles. The highest BCUT2D eigenvalue weighted by atomic mass is 32.2. The largest absolute Gasteiger partial charge is 0.497 e. The normalized spacial score (nSPS) is 28.4. The summed E-state index contributed by atoms with van der Waals surface area (Å²) in [7, 11) is -1.48. The standard InChI is InChI=1S/C19H25NO5S/c1-24-15-6-4-14(5-7-15)16(13-2-3-13)10-19(21)20-8-9-25-18-12-26(22,23)11-17(18)20/h4-7,13,16-18H,2-3,8-12H2,1H3. The first-order chi connectivity index (χ1) is 12.5. The molecule has 1 saturated carbocycles. The lowest BCUT2D eigenvalue weighted by molar-refractivity contribution is -0.143. The van der Waals surface area contributed by atoms with Crippen LogP contribution in [0.5, 0.6) is 5.75 Å². The van der Waals surface area contributed by atoms with Crippen LogP contribution < -0.4 is 4.74 Å². The third-order valence-electron chi connectivity index (χ3n) is 5.79. The van der Waals surface area contributed by atoms with E-state index < -0.39 is 9.84 Å². The number of amides is 1. The van der Waals surface area contributed by atoms with Gasteiger partial charge in [0.05, 0.1) is 37.4 Å². The lowest BCUT2D eigenvalue weighted by atomic mass is 9.90. The summed E-state index contributed by atoms with van der Waals surface area (Å²) < 4.78 is 34.7. The molecule has 7 heteroatoms. The molecule has 6 nitrogen and oxygen atoms in total. The van der Waals surface area contributed by atoms with Gasteiger partial charge in [0.2, 0.25) is 5.91 Å². The summed E-state index contributed by atoms with van der Waals surface area (Å²) in [6.07, 6.45) is 2.36. The van der Waals surface area contributed by atoms with Gasteiger partial charge in [0.1, 0.15) is 5.75 Å². The Labute approximate surface area is 154 Å². The molecule has 3 fully saturated rings. The second-order valence-electron chi connectivity index (χ2n) is 7.56. The van der Waals surface area contributed by atoms with Crippen molar-refractivity contribution in [2.75, 3.05) is 31.8 Å².